The summed E-state index contributed by atoms with van der Waals surface area (Å²) in [6.07, 6.45) is 8.60. The second-order valence-electron chi connectivity index (χ2n) is 35.3. The second-order valence-corrected chi connectivity index (χ2v) is 39.2. The van der Waals surface area contributed by atoms with Gasteiger partial charge < -0.3 is 46.6 Å². The molecule has 27 nitrogen and oxygen atoms in total. The van der Waals surface area contributed by atoms with Gasteiger partial charge in [-0.3, -0.25) is 57.4 Å². The van der Waals surface area contributed by atoms with Gasteiger partial charge in [-0.25, -0.2) is 36.9 Å². The number of aromatic nitrogens is 9. The first kappa shape index (κ1) is 106. The summed E-state index contributed by atoms with van der Waals surface area (Å²) in [6, 6.07) is 13.9. The van der Waals surface area contributed by atoms with E-state index in [0.717, 1.165) is 0 Å². The molecule has 3 fully saturated rings. The Bertz CT molecular complexity index is 6860. The summed E-state index contributed by atoms with van der Waals surface area (Å²) in [6.45, 7) is 40.4. The maximum atomic E-state index is 15.7. The van der Waals surface area contributed by atoms with Crippen molar-refractivity contribution < 1.29 is 36.3 Å². The summed E-state index contributed by atoms with van der Waals surface area (Å²) in [5, 5.41) is 28.4. The highest BCUT2D eigenvalue weighted by atomic mass is 35.5. The van der Waals surface area contributed by atoms with Crippen LogP contribution in [0.4, 0.5) is 56.1 Å². The molecule has 42 heteroatoms. The number of benzene rings is 3. The maximum absolute atomic E-state index is 15.7. The van der Waals surface area contributed by atoms with Gasteiger partial charge in [-0.1, -0.05) is 177 Å². The number of hydrogen-bond acceptors (Lipinski definition) is 21. The van der Waals surface area contributed by atoms with E-state index in [2.05, 4.69) is 62.9 Å². The Balaban J connectivity index is 0.000000178. The van der Waals surface area contributed by atoms with Gasteiger partial charge in [0.2, 0.25) is 17.7 Å². The number of anilines is 6. The van der Waals surface area contributed by atoms with Crippen LogP contribution in [0.15, 0.2) is 107 Å². The van der Waals surface area contributed by atoms with Gasteiger partial charge in [-0.15, -0.1) is 0 Å². The second kappa shape index (κ2) is 41.7. The Morgan fingerprint density at radius 1 is 0.383 bits per heavy atom. The zero-order chi connectivity index (χ0) is 104. The fraction of sp³-hybridized carbons (Fsp3) is 0.303. The molecule has 6 atom stereocenters. The fourth-order valence-electron chi connectivity index (χ4n) is 18.9. The van der Waals surface area contributed by atoms with Crippen molar-refractivity contribution in [3.63, 3.8) is 0 Å². The number of hydrogen-bond donors (Lipinski definition) is 3. The van der Waals surface area contributed by atoms with Crippen LogP contribution in [0.2, 0.25) is 50.2 Å². The highest BCUT2D eigenvalue weighted by Crippen LogP contribution is 2.51. The van der Waals surface area contributed by atoms with Crippen molar-refractivity contribution in [3.8, 4) is 69.0 Å². The molecule has 0 saturated carbocycles. The minimum Gasteiger partial charge on any atom is -0.396 e. The van der Waals surface area contributed by atoms with E-state index in [1.807, 2.05) is 105 Å². The lowest BCUT2D eigenvalue weighted by atomic mass is 10.0. The van der Waals surface area contributed by atoms with Crippen LogP contribution in [0.25, 0.3) is 83.9 Å². The first-order chi connectivity index (χ1) is 66.5. The Labute approximate surface area is 856 Å². The third-order valence-electron chi connectivity index (χ3n) is 25.0. The van der Waals surface area contributed by atoms with E-state index in [1.165, 1.54) is 44.1 Å². The molecular formula is C99H90Cl10F5N21O6. The first-order valence-corrected chi connectivity index (χ1v) is 47.6. The molecule has 0 radical (unpaired) electrons. The first-order valence-electron chi connectivity index (χ1n) is 43.9. The quantitative estimate of drug-likeness (QED) is 0.0282. The topological polar surface area (TPSA) is 363 Å². The molecule has 12 aromatic rings. The van der Waals surface area contributed by atoms with Gasteiger partial charge in [0.15, 0.2) is 29.1 Å². The third kappa shape index (κ3) is 18.5. The molecule has 3 saturated heterocycles. The Kier molecular flexibility index (Phi) is 31.3. The number of nitrogen functional groups attached to an aromatic ring is 3. The lowest BCUT2D eigenvalue weighted by Crippen LogP contribution is -2.58. The van der Waals surface area contributed by atoms with E-state index in [1.54, 1.807) is 71.4 Å². The largest absolute Gasteiger partial charge is 0.396 e. The monoisotopic (exact) mass is 2110 g/mol. The molecule has 3 aliphatic rings. The smallest absolute Gasteiger partial charge is 0.276 e. The van der Waals surface area contributed by atoms with Crippen LogP contribution in [0.3, 0.4) is 0 Å². The molecule has 732 valence electrons. The summed E-state index contributed by atoms with van der Waals surface area (Å²) < 4.78 is 80.4. The van der Waals surface area contributed by atoms with Crippen LogP contribution in [0.5, 0.6) is 0 Å². The third-order valence-corrected chi connectivity index (χ3v) is 28.7. The Morgan fingerprint density at radius 3 is 0.844 bits per heavy atom. The number of amides is 3. The van der Waals surface area contributed by atoms with Crippen LogP contribution in [0, 0.1) is 83.9 Å². The molecule has 0 aliphatic carbocycles. The summed E-state index contributed by atoms with van der Waals surface area (Å²) in [5.41, 5.74) is 17.5. The van der Waals surface area contributed by atoms with E-state index in [0.29, 0.717) is 61.9 Å². The van der Waals surface area contributed by atoms with Gasteiger partial charge >= 0.3 is 0 Å². The summed E-state index contributed by atoms with van der Waals surface area (Å²) >= 11 is 63.1. The summed E-state index contributed by atoms with van der Waals surface area (Å²) in [4.78, 5) is 120. The van der Waals surface area contributed by atoms with Gasteiger partial charge in [0.1, 0.15) is 61.9 Å². The van der Waals surface area contributed by atoms with E-state index >= 15 is 22.0 Å². The standard InChI is InChI=1S/C33H30Cl4FN7O2.2C33H30Cl3F2N7O2/c1-7-21(46)44-16(5)12-43(13-17(44)6)31-18-10-20(34)29(22-23(35)24(36)25(37)26(38)27(22)40)42-32(18)45(33(47)19(31)11-39)30-15(4)8-9-41-28(30)14(2)3;2*1-7-21(46)44-16(5)12-43(13-17(44)6)31-18-10-20(34)29(22-25(37)23(35)24(36)26(38)27(22)40)42-32(18)45(33(47)19(31)11-39)30-15(4)8-9-41-28(30)14(2)3/h3*7-10,14,16-17H,1,12-13,40H2,2-6H3/t3*16-,17+. The summed E-state index contributed by atoms with van der Waals surface area (Å²) in [5.74, 6) is -6.83. The predicted molar refractivity (Wildman–Crippen MR) is 550 cm³/mol. The normalized spacial score (nSPS) is 16.6. The highest BCUT2D eigenvalue weighted by Gasteiger charge is 2.42. The van der Waals surface area contributed by atoms with Crippen molar-refractivity contribution in [3.05, 3.63) is 254 Å². The van der Waals surface area contributed by atoms with Crippen molar-refractivity contribution in [2.75, 3.05) is 71.2 Å². The van der Waals surface area contributed by atoms with Gasteiger partial charge in [-0.05, 0) is 151 Å². The Hall–Kier alpha value is -12.4. The number of aryl methyl sites for hydroxylation is 3. The van der Waals surface area contributed by atoms with Crippen molar-refractivity contribution >= 4 is 201 Å². The van der Waals surface area contributed by atoms with Crippen molar-refractivity contribution in [2.45, 2.75) is 158 Å². The molecule has 3 amide bonds. The molecule has 0 spiro atoms. The zero-order valence-electron chi connectivity index (χ0n) is 78.4. The van der Waals surface area contributed by atoms with E-state index in [-0.39, 0.29) is 215 Å². The molecule has 0 unspecified atom stereocenters. The molecule has 6 N–H and O–H groups in total. The average molecular weight is 2120 g/mol. The van der Waals surface area contributed by atoms with Gasteiger partial charge in [-0.2, -0.15) is 15.8 Å². The number of carbonyl (C=O) groups excluding carboxylic acids is 3. The fourth-order valence-corrected chi connectivity index (χ4v) is 21.0. The van der Waals surface area contributed by atoms with E-state index in [4.69, 9.17) is 138 Å². The number of rotatable bonds is 15. The number of pyridine rings is 9. The molecule has 15 rings (SSSR count). The lowest BCUT2D eigenvalue weighted by molar-refractivity contribution is -0.131. The van der Waals surface area contributed by atoms with Crippen molar-refractivity contribution in [1.29, 1.82) is 15.8 Å². The van der Waals surface area contributed by atoms with Crippen molar-refractivity contribution in [2.24, 2.45) is 0 Å². The molecule has 12 heterocycles. The minimum absolute atomic E-state index is 0.00668. The number of nitrogens with zero attached hydrogens (tertiary/aromatic N) is 18. The predicted octanol–water partition coefficient (Wildman–Crippen LogP) is 22.1. The number of nitriles is 3. The van der Waals surface area contributed by atoms with E-state index in [9.17, 15) is 44.6 Å². The lowest BCUT2D eigenvalue weighted by Gasteiger charge is -2.45. The average Bonchev–Trinajstić information content (AvgIpc) is 0.725. The van der Waals surface area contributed by atoms with Crippen LogP contribution in [0.1, 0.15) is 151 Å². The molecule has 0 bridgehead atoms. The molecule has 141 heavy (non-hydrogen) atoms. The van der Waals surface area contributed by atoms with Crippen LogP contribution in [-0.2, 0) is 14.4 Å². The SMILES string of the molecule is C=CC(=O)N1[C@H](C)CN(c2c(C#N)c(=O)n(-c3c(C)ccnc3C(C)C)c3nc(-c4c(N)c(F)c(Cl)c(Cl)c4Cl)c(Cl)cc23)C[C@@H]1C.C=CC(=O)N1[C@H](C)CN(c2c(C#N)c(=O)n(-c3c(C)ccnc3C(C)C)c3nc(-c4c(N)c(F)c(Cl)c(Cl)c4F)c(Cl)cc23)C[C@@H]1C.C=CC(=O)N1[C@H](C)CN(c2c(C#N)c(=O)n(-c3c(C)ccnc3C(C)C)c3nc(-c4c(N)c(F)c(Cl)c(Cl)c4F)c(Cl)cc23)C[C@@H]1C. The number of halogens is 15. The van der Waals surface area contributed by atoms with Crippen LogP contribution >= 0.6 is 116 Å². The van der Waals surface area contributed by atoms with Crippen LogP contribution < -0.4 is 48.6 Å². The molecular weight excluding hydrogens is 2030 g/mol. The number of nitrogens with two attached hydrogens (primary N) is 3. The van der Waals surface area contributed by atoms with Crippen LogP contribution in [-0.4, -0.2) is 152 Å². The number of carbonyl (C=O) groups is 3. The van der Waals surface area contributed by atoms with Gasteiger partial charge in [0.05, 0.1) is 137 Å². The Morgan fingerprint density at radius 2 is 0.610 bits per heavy atom. The molecule has 3 aromatic carbocycles. The molecule has 3 aliphatic heterocycles. The molecule has 9 aromatic heterocycles. The maximum Gasteiger partial charge on any atom is 0.276 e. The van der Waals surface area contributed by atoms with E-state index < -0.39 is 99.1 Å². The summed E-state index contributed by atoms with van der Waals surface area (Å²) in [7, 11) is 0. The number of fused-ring (bicyclic) bond motifs is 3. The highest BCUT2D eigenvalue weighted by molar-refractivity contribution is 6.50. The minimum atomic E-state index is -1.16. The number of piperazine rings is 3. The van der Waals surface area contributed by atoms with Gasteiger partial charge in [0.25, 0.3) is 16.7 Å². The van der Waals surface area contributed by atoms with Gasteiger partial charge in [0, 0.05) is 116 Å². The van der Waals surface area contributed by atoms with Crippen molar-refractivity contribution in [1.82, 2.24) is 58.3 Å². The zero-order valence-corrected chi connectivity index (χ0v) is 85.9.